The molecule has 0 aliphatic rings. The summed E-state index contributed by atoms with van der Waals surface area (Å²) in [5.41, 5.74) is 3.29. The lowest BCUT2D eigenvalue weighted by Gasteiger charge is -2.12. The van der Waals surface area contributed by atoms with Gasteiger partial charge in [-0.3, -0.25) is 9.36 Å². The molecule has 0 atom stereocenters. The highest BCUT2D eigenvalue weighted by atomic mass is 16.4. The summed E-state index contributed by atoms with van der Waals surface area (Å²) in [5, 5.41) is 4.71. The summed E-state index contributed by atoms with van der Waals surface area (Å²) in [6, 6.07) is 2.09. The van der Waals surface area contributed by atoms with Crippen molar-refractivity contribution < 1.29 is 4.42 Å². The second-order valence-corrected chi connectivity index (χ2v) is 6.34. The third-order valence-corrected chi connectivity index (χ3v) is 4.74. The molecule has 128 valence electrons. The first-order valence-electron chi connectivity index (χ1n) is 8.42. The van der Waals surface area contributed by atoms with E-state index in [1.807, 2.05) is 13.8 Å². The zero-order valence-electron chi connectivity index (χ0n) is 15.2. The molecule has 0 amide bonds. The van der Waals surface area contributed by atoms with Gasteiger partial charge in [-0.05, 0) is 44.2 Å². The molecule has 3 rings (SSSR count). The number of fused-ring (bicyclic) bond motifs is 1. The molecule has 3 heterocycles. The van der Waals surface area contributed by atoms with Crippen molar-refractivity contribution in [3.8, 4) is 11.5 Å². The van der Waals surface area contributed by atoms with Crippen LogP contribution in [0.15, 0.2) is 15.3 Å². The average Bonchev–Trinajstić information content (AvgIpc) is 3.04. The summed E-state index contributed by atoms with van der Waals surface area (Å²) in [7, 11) is 1.74. The molecule has 6 nitrogen and oxygen atoms in total. The van der Waals surface area contributed by atoms with E-state index in [0.717, 1.165) is 24.1 Å². The third-order valence-electron chi connectivity index (χ3n) is 4.74. The van der Waals surface area contributed by atoms with E-state index >= 15 is 0 Å². The van der Waals surface area contributed by atoms with Gasteiger partial charge in [0.05, 0.1) is 0 Å². The van der Waals surface area contributed by atoms with Gasteiger partial charge in [0.1, 0.15) is 17.0 Å². The number of aromatic nitrogens is 4. The molecular weight excluding hydrogens is 304 g/mol. The second kappa shape index (κ2) is 5.92. The van der Waals surface area contributed by atoms with Crippen LogP contribution in [0.1, 0.15) is 55.5 Å². The van der Waals surface area contributed by atoms with Gasteiger partial charge >= 0.3 is 0 Å². The largest absolute Gasteiger partial charge is 0.446 e. The number of hydrogen-bond donors (Lipinski definition) is 0. The van der Waals surface area contributed by atoms with E-state index in [1.54, 1.807) is 23.1 Å². The second-order valence-electron chi connectivity index (χ2n) is 6.34. The highest BCUT2D eigenvalue weighted by molar-refractivity contribution is 5.60. The van der Waals surface area contributed by atoms with Crippen LogP contribution < -0.4 is 5.56 Å². The minimum absolute atomic E-state index is 0.0462. The molecule has 0 bridgehead atoms. The van der Waals surface area contributed by atoms with Gasteiger partial charge in [0, 0.05) is 19.7 Å². The maximum absolute atomic E-state index is 13.1. The Balaban J connectivity index is 2.35. The van der Waals surface area contributed by atoms with Crippen molar-refractivity contribution in [3.63, 3.8) is 0 Å². The van der Waals surface area contributed by atoms with Crippen LogP contribution in [-0.2, 0) is 7.05 Å². The number of nitrogens with zero attached hydrogens (tertiary/aromatic N) is 4. The predicted molar refractivity (Wildman–Crippen MR) is 93.5 cm³/mol. The molecule has 0 N–H and O–H groups in total. The zero-order chi connectivity index (χ0) is 17.6. The van der Waals surface area contributed by atoms with Crippen LogP contribution in [0.5, 0.6) is 0 Å². The molecule has 0 aromatic carbocycles. The first-order valence-corrected chi connectivity index (χ1v) is 8.42. The Hall–Kier alpha value is -2.37. The van der Waals surface area contributed by atoms with E-state index in [0.29, 0.717) is 34.6 Å². The summed E-state index contributed by atoms with van der Waals surface area (Å²) >= 11 is 0. The van der Waals surface area contributed by atoms with E-state index in [2.05, 4.69) is 24.9 Å². The van der Waals surface area contributed by atoms with Gasteiger partial charge in [-0.15, -0.1) is 5.10 Å². The highest BCUT2D eigenvalue weighted by Crippen LogP contribution is 2.28. The Morgan fingerprint density at radius 1 is 1.21 bits per heavy atom. The minimum Gasteiger partial charge on any atom is -0.446 e. The summed E-state index contributed by atoms with van der Waals surface area (Å²) in [6.07, 6.45) is 2.00. The maximum atomic E-state index is 13.1. The first kappa shape index (κ1) is 16.5. The van der Waals surface area contributed by atoms with E-state index in [9.17, 15) is 4.79 Å². The fourth-order valence-electron chi connectivity index (χ4n) is 3.40. The SMILES string of the molecule is CCC(CC)c1cc(C)n2nc(-c3nc(C)oc3C)n(C)c(=O)c12. The van der Waals surface area contributed by atoms with Crippen LogP contribution in [0.4, 0.5) is 0 Å². The fraction of sp³-hybridized carbons (Fsp3) is 0.500. The summed E-state index contributed by atoms with van der Waals surface area (Å²) < 4.78 is 8.84. The summed E-state index contributed by atoms with van der Waals surface area (Å²) in [4.78, 5) is 17.4. The van der Waals surface area contributed by atoms with Gasteiger partial charge in [-0.25, -0.2) is 9.50 Å². The van der Waals surface area contributed by atoms with Gasteiger partial charge in [-0.2, -0.15) is 0 Å². The molecular formula is C18H24N4O2. The van der Waals surface area contributed by atoms with Gasteiger partial charge in [0.2, 0.25) is 0 Å². The monoisotopic (exact) mass is 328 g/mol. The number of hydrogen-bond acceptors (Lipinski definition) is 4. The van der Waals surface area contributed by atoms with Crippen LogP contribution in [0, 0.1) is 20.8 Å². The predicted octanol–water partition coefficient (Wildman–Crippen LogP) is 3.52. The topological polar surface area (TPSA) is 65.3 Å². The molecule has 3 aromatic rings. The lowest BCUT2D eigenvalue weighted by molar-refractivity contribution is 0.494. The molecule has 0 aliphatic carbocycles. The van der Waals surface area contributed by atoms with Gasteiger partial charge < -0.3 is 4.42 Å². The molecule has 3 aromatic heterocycles. The van der Waals surface area contributed by atoms with Crippen LogP contribution >= 0.6 is 0 Å². The molecule has 0 saturated carbocycles. The van der Waals surface area contributed by atoms with Crippen LogP contribution in [0.25, 0.3) is 17.0 Å². The van der Waals surface area contributed by atoms with E-state index in [-0.39, 0.29) is 5.56 Å². The zero-order valence-corrected chi connectivity index (χ0v) is 15.2. The molecule has 0 unspecified atom stereocenters. The quantitative estimate of drug-likeness (QED) is 0.735. The standard InChI is InChI=1S/C18H24N4O2/c1-7-13(8-2)14-9-10(3)22-16(14)18(23)21(6)17(20-22)15-11(4)24-12(5)19-15/h9,13H,7-8H2,1-6H3. The molecule has 0 aliphatic heterocycles. The van der Waals surface area contributed by atoms with Crippen LogP contribution in [0.3, 0.4) is 0 Å². The van der Waals surface area contributed by atoms with Gasteiger partial charge in [-0.1, -0.05) is 13.8 Å². The number of rotatable bonds is 4. The van der Waals surface area contributed by atoms with Gasteiger partial charge in [0.25, 0.3) is 5.56 Å². The Bertz CT molecular complexity index is 958. The van der Waals surface area contributed by atoms with Crippen molar-refractivity contribution in [2.24, 2.45) is 7.05 Å². The summed E-state index contributed by atoms with van der Waals surface area (Å²) in [5.74, 6) is 2.12. The Morgan fingerprint density at radius 2 is 1.88 bits per heavy atom. The number of oxazole rings is 1. The minimum atomic E-state index is -0.0462. The lowest BCUT2D eigenvalue weighted by Crippen LogP contribution is -2.24. The normalized spacial score (nSPS) is 11.8. The van der Waals surface area contributed by atoms with Crippen molar-refractivity contribution in [2.45, 2.75) is 53.4 Å². The van der Waals surface area contributed by atoms with Crippen molar-refractivity contribution in [2.75, 3.05) is 0 Å². The maximum Gasteiger partial charge on any atom is 0.278 e. The highest BCUT2D eigenvalue weighted by Gasteiger charge is 2.22. The van der Waals surface area contributed by atoms with E-state index in [1.165, 1.54) is 0 Å². The fourth-order valence-corrected chi connectivity index (χ4v) is 3.40. The lowest BCUT2D eigenvalue weighted by atomic mass is 9.95. The van der Waals surface area contributed by atoms with Crippen molar-refractivity contribution in [1.29, 1.82) is 0 Å². The molecule has 6 heteroatoms. The molecule has 0 fully saturated rings. The Morgan fingerprint density at radius 3 is 2.42 bits per heavy atom. The first-order chi connectivity index (χ1) is 11.4. The molecule has 24 heavy (non-hydrogen) atoms. The Kier molecular flexibility index (Phi) is 4.07. The van der Waals surface area contributed by atoms with Crippen molar-refractivity contribution >= 4 is 5.52 Å². The smallest absolute Gasteiger partial charge is 0.278 e. The third kappa shape index (κ3) is 2.37. The molecule has 0 saturated heterocycles. The summed E-state index contributed by atoms with van der Waals surface area (Å²) in [6.45, 7) is 9.92. The van der Waals surface area contributed by atoms with Crippen LogP contribution in [0.2, 0.25) is 0 Å². The average molecular weight is 328 g/mol. The van der Waals surface area contributed by atoms with E-state index < -0.39 is 0 Å². The van der Waals surface area contributed by atoms with Crippen LogP contribution in [-0.4, -0.2) is 19.2 Å². The molecule has 0 spiro atoms. The number of aryl methyl sites for hydroxylation is 3. The molecule has 0 radical (unpaired) electrons. The van der Waals surface area contributed by atoms with Crippen molar-refractivity contribution in [1.82, 2.24) is 19.2 Å². The van der Waals surface area contributed by atoms with Gasteiger partial charge in [0.15, 0.2) is 11.7 Å². The van der Waals surface area contributed by atoms with E-state index in [4.69, 9.17) is 9.52 Å². The van der Waals surface area contributed by atoms with Crippen molar-refractivity contribution in [3.05, 3.63) is 39.3 Å². The Labute approximate surface area is 141 Å².